The van der Waals surface area contributed by atoms with Crippen molar-refractivity contribution in [2.75, 3.05) is 0 Å². The Morgan fingerprint density at radius 2 is 1.90 bits per heavy atom. The quantitative estimate of drug-likeness (QED) is 0.682. The normalized spacial score (nSPS) is 10.6. The van der Waals surface area contributed by atoms with E-state index in [0.717, 1.165) is 16.5 Å². The molecule has 100 valence electrons. The Hall–Kier alpha value is -2.75. The van der Waals surface area contributed by atoms with Crippen molar-refractivity contribution in [1.29, 1.82) is 0 Å². The first-order valence-electron chi connectivity index (χ1n) is 6.36. The van der Waals surface area contributed by atoms with Crippen LogP contribution in [0.4, 0.5) is 0 Å². The van der Waals surface area contributed by atoms with Gasteiger partial charge in [-0.2, -0.15) is 0 Å². The van der Waals surface area contributed by atoms with Crippen molar-refractivity contribution >= 4 is 16.8 Å². The molecule has 0 aliphatic rings. The van der Waals surface area contributed by atoms with E-state index >= 15 is 0 Å². The van der Waals surface area contributed by atoms with Crippen LogP contribution in [0.3, 0.4) is 0 Å². The number of aromatic hydroxyl groups is 1. The summed E-state index contributed by atoms with van der Waals surface area (Å²) in [6.07, 6.45) is 1.82. The summed E-state index contributed by atoms with van der Waals surface area (Å²) in [5, 5.41) is 13.0. The molecule has 4 heteroatoms. The maximum Gasteiger partial charge on any atom is 0.252 e. The van der Waals surface area contributed by atoms with Crippen molar-refractivity contribution in [3.63, 3.8) is 0 Å². The molecule has 0 aliphatic carbocycles. The Balaban J connectivity index is 1.76. The van der Waals surface area contributed by atoms with E-state index in [1.54, 1.807) is 24.3 Å². The van der Waals surface area contributed by atoms with Gasteiger partial charge < -0.3 is 15.4 Å². The summed E-state index contributed by atoms with van der Waals surface area (Å²) in [6, 6.07) is 14.3. The fourth-order valence-corrected chi connectivity index (χ4v) is 2.17. The van der Waals surface area contributed by atoms with E-state index in [1.807, 2.05) is 30.5 Å². The highest BCUT2D eigenvalue weighted by molar-refractivity contribution is 6.06. The van der Waals surface area contributed by atoms with Gasteiger partial charge in [-0.15, -0.1) is 0 Å². The zero-order chi connectivity index (χ0) is 13.9. The maximum absolute atomic E-state index is 12.2. The second-order valence-electron chi connectivity index (χ2n) is 4.59. The number of carbonyl (C=O) groups excluding carboxylic acids is 1. The van der Waals surface area contributed by atoms with Gasteiger partial charge in [0.1, 0.15) is 5.75 Å². The molecular formula is C16H14N2O2. The zero-order valence-corrected chi connectivity index (χ0v) is 10.8. The second kappa shape index (κ2) is 5.09. The van der Waals surface area contributed by atoms with E-state index in [2.05, 4.69) is 10.3 Å². The molecule has 3 aromatic rings. The van der Waals surface area contributed by atoms with Crippen LogP contribution in [0.1, 0.15) is 15.9 Å². The molecule has 20 heavy (non-hydrogen) atoms. The molecule has 0 radical (unpaired) electrons. The van der Waals surface area contributed by atoms with E-state index in [0.29, 0.717) is 12.1 Å². The minimum atomic E-state index is -0.108. The third kappa shape index (κ3) is 2.36. The van der Waals surface area contributed by atoms with Gasteiger partial charge in [0.2, 0.25) is 0 Å². The first-order valence-corrected chi connectivity index (χ1v) is 6.36. The summed E-state index contributed by atoms with van der Waals surface area (Å²) >= 11 is 0. The first kappa shape index (κ1) is 12.3. The summed E-state index contributed by atoms with van der Waals surface area (Å²) in [6.45, 7) is 0.430. The second-order valence-corrected chi connectivity index (χ2v) is 4.59. The van der Waals surface area contributed by atoms with Crippen LogP contribution in [0.5, 0.6) is 5.75 Å². The highest BCUT2D eigenvalue weighted by Crippen LogP contribution is 2.17. The molecular weight excluding hydrogens is 252 g/mol. The zero-order valence-electron chi connectivity index (χ0n) is 10.8. The highest BCUT2D eigenvalue weighted by Gasteiger charge is 2.09. The number of aromatic nitrogens is 1. The van der Waals surface area contributed by atoms with Crippen molar-refractivity contribution in [2.24, 2.45) is 0 Å². The molecule has 0 spiro atoms. The predicted molar refractivity (Wildman–Crippen MR) is 77.6 cm³/mol. The van der Waals surface area contributed by atoms with Crippen LogP contribution < -0.4 is 5.32 Å². The van der Waals surface area contributed by atoms with Gasteiger partial charge in [0.05, 0.1) is 0 Å². The number of aromatic amines is 1. The number of carbonyl (C=O) groups is 1. The van der Waals surface area contributed by atoms with Crippen molar-refractivity contribution in [3.8, 4) is 5.75 Å². The molecule has 1 heterocycles. The lowest BCUT2D eigenvalue weighted by Gasteiger charge is -2.06. The predicted octanol–water partition coefficient (Wildman–Crippen LogP) is 2.80. The molecule has 0 fully saturated rings. The van der Waals surface area contributed by atoms with Crippen LogP contribution in [-0.4, -0.2) is 16.0 Å². The number of nitrogens with one attached hydrogen (secondary N) is 2. The number of amides is 1. The van der Waals surface area contributed by atoms with E-state index in [-0.39, 0.29) is 11.7 Å². The molecule has 0 bridgehead atoms. The minimum absolute atomic E-state index is 0.108. The lowest BCUT2D eigenvalue weighted by molar-refractivity contribution is 0.0952. The van der Waals surface area contributed by atoms with Crippen molar-refractivity contribution in [3.05, 3.63) is 65.9 Å². The van der Waals surface area contributed by atoms with Crippen molar-refractivity contribution < 1.29 is 9.90 Å². The smallest absolute Gasteiger partial charge is 0.252 e. The summed E-state index contributed by atoms with van der Waals surface area (Å²) < 4.78 is 0. The monoisotopic (exact) mass is 266 g/mol. The van der Waals surface area contributed by atoms with E-state index in [1.165, 1.54) is 0 Å². The Labute approximate surface area is 116 Å². The van der Waals surface area contributed by atoms with Gasteiger partial charge in [-0.1, -0.05) is 18.2 Å². The van der Waals surface area contributed by atoms with Gasteiger partial charge in [0, 0.05) is 29.2 Å². The largest absolute Gasteiger partial charge is 0.508 e. The number of rotatable bonds is 3. The number of fused-ring (bicyclic) bond motifs is 1. The standard InChI is InChI=1S/C16H14N2O2/c19-12-6-4-11(5-7-12)10-18-16(20)14-2-1-3-15-13(14)8-9-17-15/h1-9,17,19H,10H2,(H,18,20). The molecule has 0 saturated carbocycles. The number of hydrogen-bond donors (Lipinski definition) is 3. The minimum Gasteiger partial charge on any atom is -0.508 e. The van der Waals surface area contributed by atoms with Crippen LogP contribution in [0, 0.1) is 0 Å². The molecule has 2 aromatic carbocycles. The van der Waals surface area contributed by atoms with Crippen LogP contribution in [0.25, 0.3) is 10.9 Å². The maximum atomic E-state index is 12.2. The van der Waals surface area contributed by atoms with E-state index in [9.17, 15) is 9.90 Å². The van der Waals surface area contributed by atoms with Gasteiger partial charge in [-0.25, -0.2) is 0 Å². The fourth-order valence-electron chi connectivity index (χ4n) is 2.17. The van der Waals surface area contributed by atoms with Crippen LogP contribution in [0.15, 0.2) is 54.7 Å². The van der Waals surface area contributed by atoms with Crippen LogP contribution in [-0.2, 0) is 6.54 Å². The molecule has 0 saturated heterocycles. The van der Waals surface area contributed by atoms with Crippen LogP contribution in [0.2, 0.25) is 0 Å². The fraction of sp³-hybridized carbons (Fsp3) is 0.0625. The van der Waals surface area contributed by atoms with Gasteiger partial charge in [-0.3, -0.25) is 4.79 Å². The molecule has 1 aromatic heterocycles. The average molecular weight is 266 g/mol. The lowest BCUT2D eigenvalue weighted by atomic mass is 10.1. The highest BCUT2D eigenvalue weighted by atomic mass is 16.3. The van der Waals surface area contributed by atoms with Crippen molar-refractivity contribution in [2.45, 2.75) is 6.54 Å². The van der Waals surface area contributed by atoms with Gasteiger partial charge >= 0.3 is 0 Å². The number of phenolic OH excluding ortho intramolecular Hbond substituents is 1. The number of benzene rings is 2. The van der Waals surface area contributed by atoms with Gasteiger partial charge in [-0.05, 0) is 35.9 Å². The molecule has 3 rings (SSSR count). The molecule has 0 atom stereocenters. The average Bonchev–Trinajstić information content (AvgIpc) is 2.94. The third-order valence-electron chi connectivity index (χ3n) is 3.23. The lowest BCUT2D eigenvalue weighted by Crippen LogP contribution is -2.22. The number of H-pyrrole nitrogens is 1. The first-order chi connectivity index (χ1) is 9.74. The Morgan fingerprint density at radius 3 is 2.70 bits per heavy atom. The van der Waals surface area contributed by atoms with Gasteiger partial charge in [0.15, 0.2) is 0 Å². The Bertz CT molecular complexity index is 745. The summed E-state index contributed by atoms with van der Waals surface area (Å²) in [7, 11) is 0. The van der Waals surface area contributed by atoms with Gasteiger partial charge in [0.25, 0.3) is 5.91 Å². The molecule has 3 N–H and O–H groups in total. The summed E-state index contributed by atoms with van der Waals surface area (Å²) in [5.74, 6) is 0.112. The SMILES string of the molecule is O=C(NCc1ccc(O)cc1)c1cccc2[nH]ccc12. The molecule has 0 unspecified atom stereocenters. The summed E-state index contributed by atoms with van der Waals surface area (Å²) in [4.78, 5) is 15.3. The Kier molecular flexibility index (Phi) is 3.13. The van der Waals surface area contributed by atoms with Crippen molar-refractivity contribution in [1.82, 2.24) is 10.3 Å². The summed E-state index contributed by atoms with van der Waals surface area (Å²) in [5.41, 5.74) is 2.54. The topological polar surface area (TPSA) is 65.1 Å². The molecule has 4 nitrogen and oxygen atoms in total. The molecule has 1 amide bonds. The molecule has 0 aliphatic heterocycles. The third-order valence-corrected chi connectivity index (χ3v) is 3.23. The van der Waals surface area contributed by atoms with E-state index in [4.69, 9.17) is 0 Å². The Morgan fingerprint density at radius 1 is 1.10 bits per heavy atom. The van der Waals surface area contributed by atoms with Crippen LogP contribution >= 0.6 is 0 Å². The number of phenols is 1. The van der Waals surface area contributed by atoms with E-state index < -0.39 is 0 Å². The number of hydrogen-bond acceptors (Lipinski definition) is 2.